The maximum absolute atomic E-state index is 11.3. The van der Waals surface area contributed by atoms with Crippen molar-refractivity contribution in [3.63, 3.8) is 0 Å². The van der Waals surface area contributed by atoms with Gasteiger partial charge in [0.1, 0.15) is 15.6 Å². The third-order valence-corrected chi connectivity index (χ3v) is 2.94. The normalized spacial score (nSPS) is 9.80. The molecule has 0 saturated heterocycles. The average Bonchev–Trinajstić information content (AvgIpc) is 2.55. The fourth-order valence-corrected chi connectivity index (χ4v) is 2.23. The van der Waals surface area contributed by atoms with Gasteiger partial charge >= 0.3 is 5.97 Å². The van der Waals surface area contributed by atoms with E-state index in [1.165, 1.54) is 25.6 Å². The van der Waals surface area contributed by atoms with Crippen LogP contribution in [0.25, 0.3) is 0 Å². The molecule has 0 amide bonds. The third kappa shape index (κ3) is 2.15. The van der Waals surface area contributed by atoms with Gasteiger partial charge in [-0.25, -0.2) is 4.79 Å². The Morgan fingerprint density at radius 1 is 1.53 bits per heavy atom. The first kappa shape index (κ1) is 11.6. The number of methoxy groups -OCH3 is 2. The number of carbonyl (C=O) groups is 1. The van der Waals surface area contributed by atoms with Gasteiger partial charge in [-0.2, -0.15) is 0 Å². The van der Waals surface area contributed by atoms with E-state index in [4.69, 9.17) is 10.5 Å². The van der Waals surface area contributed by atoms with E-state index in [2.05, 4.69) is 10.1 Å². The standard InChI is InChI=1S/C9H14N2O3S/c1-4-11-8-6(13-2)5(10)7(15-8)9(12)14-3/h11H,4,10H2,1-3H3. The first-order valence-corrected chi connectivity index (χ1v) is 5.25. The van der Waals surface area contributed by atoms with E-state index < -0.39 is 5.97 Å². The molecule has 0 spiro atoms. The van der Waals surface area contributed by atoms with Crippen LogP contribution in [0.2, 0.25) is 0 Å². The number of esters is 1. The molecule has 0 bridgehead atoms. The van der Waals surface area contributed by atoms with Crippen LogP contribution in [0.4, 0.5) is 10.7 Å². The van der Waals surface area contributed by atoms with Crippen LogP contribution in [0, 0.1) is 0 Å². The summed E-state index contributed by atoms with van der Waals surface area (Å²) in [5, 5.41) is 3.82. The number of nitrogen functional groups attached to an aromatic ring is 1. The number of ether oxygens (including phenoxy) is 2. The molecule has 0 aliphatic rings. The molecule has 5 nitrogen and oxygen atoms in total. The minimum absolute atomic E-state index is 0.324. The number of nitrogens with two attached hydrogens (primary N) is 1. The molecular formula is C9H14N2O3S. The molecule has 0 radical (unpaired) electrons. The summed E-state index contributed by atoms with van der Waals surface area (Å²) in [6, 6.07) is 0. The van der Waals surface area contributed by atoms with Crippen LogP contribution in [-0.4, -0.2) is 26.7 Å². The highest BCUT2D eigenvalue weighted by atomic mass is 32.1. The second-order valence-corrected chi connectivity index (χ2v) is 3.75. The Labute approximate surface area is 92.2 Å². The number of nitrogens with one attached hydrogen (secondary N) is 1. The van der Waals surface area contributed by atoms with Gasteiger partial charge in [0.05, 0.1) is 14.2 Å². The van der Waals surface area contributed by atoms with Crippen LogP contribution < -0.4 is 15.8 Å². The fourth-order valence-electron chi connectivity index (χ4n) is 1.15. The highest BCUT2D eigenvalue weighted by molar-refractivity contribution is 7.19. The predicted molar refractivity (Wildman–Crippen MR) is 60.8 cm³/mol. The first-order chi connectivity index (χ1) is 7.15. The van der Waals surface area contributed by atoms with Crippen molar-refractivity contribution in [3.8, 4) is 5.75 Å². The van der Waals surface area contributed by atoms with E-state index in [9.17, 15) is 4.79 Å². The van der Waals surface area contributed by atoms with Crippen LogP contribution in [0.3, 0.4) is 0 Å². The van der Waals surface area contributed by atoms with Crippen LogP contribution in [0.5, 0.6) is 5.75 Å². The highest BCUT2D eigenvalue weighted by Gasteiger charge is 2.21. The van der Waals surface area contributed by atoms with Crippen LogP contribution >= 0.6 is 11.3 Å². The quantitative estimate of drug-likeness (QED) is 0.768. The summed E-state index contributed by atoms with van der Waals surface area (Å²) in [4.78, 5) is 11.7. The summed E-state index contributed by atoms with van der Waals surface area (Å²) in [5.74, 6) is 0.0576. The van der Waals surface area contributed by atoms with E-state index in [0.717, 1.165) is 11.5 Å². The van der Waals surface area contributed by atoms with E-state index in [-0.39, 0.29) is 0 Å². The summed E-state index contributed by atoms with van der Waals surface area (Å²) in [5.41, 5.74) is 6.09. The molecule has 1 heterocycles. The number of hydrogen-bond donors (Lipinski definition) is 2. The summed E-state index contributed by atoms with van der Waals surface area (Å²) >= 11 is 1.23. The van der Waals surface area contributed by atoms with Crippen LogP contribution in [0.1, 0.15) is 16.6 Å². The molecule has 1 aromatic heterocycles. The molecule has 0 aromatic carbocycles. The SMILES string of the molecule is CCNc1sc(C(=O)OC)c(N)c1OC. The molecule has 0 saturated carbocycles. The molecule has 1 rings (SSSR count). The van der Waals surface area contributed by atoms with Crippen molar-refractivity contribution in [2.24, 2.45) is 0 Å². The maximum Gasteiger partial charge on any atom is 0.350 e. The molecule has 0 fully saturated rings. The lowest BCUT2D eigenvalue weighted by Gasteiger charge is -2.03. The van der Waals surface area contributed by atoms with E-state index in [0.29, 0.717) is 16.3 Å². The molecule has 0 atom stereocenters. The van der Waals surface area contributed by atoms with Gasteiger partial charge in [0.25, 0.3) is 0 Å². The maximum atomic E-state index is 11.3. The van der Waals surface area contributed by atoms with Crippen molar-refractivity contribution < 1.29 is 14.3 Å². The lowest BCUT2D eigenvalue weighted by atomic mass is 10.3. The molecule has 0 aliphatic heterocycles. The number of hydrogen-bond acceptors (Lipinski definition) is 6. The monoisotopic (exact) mass is 230 g/mol. The van der Waals surface area contributed by atoms with Gasteiger partial charge < -0.3 is 20.5 Å². The van der Waals surface area contributed by atoms with Crippen molar-refractivity contribution in [2.75, 3.05) is 31.8 Å². The summed E-state index contributed by atoms with van der Waals surface area (Å²) in [6.07, 6.45) is 0. The number of rotatable bonds is 4. The smallest absolute Gasteiger partial charge is 0.350 e. The van der Waals surface area contributed by atoms with Crippen molar-refractivity contribution in [1.82, 2.24) is 0 Å². The molecule has 1 aromatic rings. The zero-order chi connectivity index (χ0) is 11.4. The van der Waals surface area contributed by atoms with E-state index in [1.54, 1.807) is 0 Å². The number of anilines is 2. The molecule has 3 N–H and O–H groups in total. The second kappa shape index (κ2) is 4.88. The third-order valence-electron chi connectivity index (χ3n) is 1.81. The minimum atomic E-state index is -0.444. The van der Waals surface area contributed by atoms with Gasteiger partial charge in [0.2, 0.25) is 0 Å². The molecule has 0 aliphatic carbocycles. The predicted octanol–water partition coefficient (Wildman–Crippen LogP) is 1.56. The molecule has 15 heavy (non-hydrogen) atoms. The summed E-state index contributed by atoms with van der Waals surface area (Å²) < 4.78 is 9.74. The summed E-state index contributed by atoms with van der Waals surface area (Å²) in [7, 11) is 2.83. The van der Waals surface area contributed by atoms with Gasteiger partial charge in [-0.3, -0.25) is 0 Å². The van der Waals surface area contributed by atoms with Gasteiger partial charge in [0, 0.05) is 6.54 Å². The van der Waals surface area contributed by atoms with Crippen molar-refractivity contribution in [3.05, 3.63) is 4.88 Å². The minimum Gasteiger partial charge on any atom is -0.492 e. The highest BCUT2D eigenvalue weighted by Crippen LogP contribution is 2.42. The molecule has 0 unspecified atom stereocenters. The molecule has 84 valence electrons. The Morgan fingerprint density at radius 2 is 2.20 bits per heavy atom. The van der Waals surface area contributed by atoms with Crippen LogP contribution in [0.15, 0.2) is 0 Å². The van der Waals surface area contributed by atoms with Crippen molar-refractivity contribution in [1.29, 1.82) is 0 Å². The topological polar surface area (TPSA) is 73.6 Å². The number of carbonyl (C=O) groups excluding carboxylic acids is 1. The largest absolute Gasteiger partial charge is 0.492 e. The molecular weight excluding hydrogens is 216 g/mol. The van der Waals surface area contributed by atoms with Crippen LogP contribution in [-0.2, 0) is 4.74 Å². The Balaban J connectivity index is 3.14. The van der Waals surface area contributed by atoms with Gasteiger partial charge in [0.15, 0.2) is 5.75 Å². The van der Waals surface area contributed by atoms with E-state index >= 15 is 0 Å². The Hall–Kier alpha value is -1.43. The first-order valence-electron chi connectivity index (χ1n) is 4.44. The molecule has 6 heteroatoms. The Bertz CT molecular complexity index is 362. The second-order valence-electron chi connectivity index (χ2n) is 2.73. The van der Waals surface area contributed by atoms with Gasteiger partial charge in [-0.05, 0) is 6.92 Å². The van der Waals surface area contributed by atoms with Crippen molar-refractivity contribution >= 4 is 28.0 Å². The fraction of sp³-hybridized carbons (Fsp3) is 0.444. The zero-order valence-corrected chi connectivity index (χ0v) is 9.73. The summed E-state index contributed by atoms with van der Waals surface area (Å²) in [6.45, 7) is 2.68. The Kier molecular flexibility index (Phi) is 3.79. The van der Waals surface area contributed by atoms with Crippen molar-refractivity contribution in [2.45, 2.75) is 6.92 Å². The number of thiophene rings is 1. The average molecular weight is 230 g/mol. The Morgan fingerprint density at radius 3 is 2.67 bits per heavy atom. The van der Waals surface area contributed by atoms with E-state index in [1.807, 2.05) is 6.92 Å². The van der Waals surface area contributed by atoms with Gasteiger partial charge in [-0.1, -0.05) is 0 Å². The lowest BCUT2D eigenvalue weighted by Crippen LogP contribution is -2.02. The zero-order valence-electron chi connectivity index (χ0n) is 8.92. The van der Waals surface area contributed by atoms with Gasteiger partial charge in [-0.15, -0.1) is 11.3 Å². The lowest BCUT2D eigenvalue weighted by molar-refractivity contribution is 0.0607.